The minimum atomic E-state index is -1.06. The van der Waals surface area contributed by atoms with E-state index in [9.17, 15) is 19.3 Å². The van der Waals surface area contributed by atoms with Crippen LogP contribution in [0.2, 0.25) is 0 Å². The molecule has 0 aliphatic rings. The number of nitro groups is 1. The van der Waals surface area contributed by atoms with Crippen molar-refractivity contribution in [2.45, 2.75) is 19.4 Å². The molecule has 1 atom stereocenters. The number of hydrogen-bond acceptors (Lipinski definition) is 4. The van der Waals surface area contributed by atoms with Gasteiger partial charge in [-0.3, -0.25) is 14.9 Å². The van der Waals surface area contributed by atoms with Crippen molar-refractivity contribution in [3.8, 4) is 6.07 Å². The lowest BCUT2D eigenvalue weighted by molar-refractivity contribution is -0.387. The summed E-state index contributed by atoms with van der Waals surface area (Å²) in [7, 11) is 1.49. The normalized spacial score (nSPS) is 11.5. The van der Waals surface area contributed by atoms with E-state index in [4.69, 9.17) is 5.26 Å². The highest BCUT2D eigenvalue weighted by Crippen LogP contribution is 2.19. The molecule has 1 unspecified atom stereocenters. The van der Waals surface area contributed by atoms with E-state index in [1.807, 2.05) is 6.07 Å². The zero-order valence-electron chi connectivity index (χ0n) is 10.5. The molecule has 19 heavy (non-hydrogen) atoms. The molecule has 0 aliphatic carbocycles. The Morgan fingerprint density at radius 1 is 1.63 bits per heavy atom. The second-order valence-electron chi connectivity index (χ2n) is 4.05. The van der Waals surface area contributed by atoms with Crippen molar-refractivity contribution in [2.24, 2.45) is 0 Å². The largest absolute Gasteiger partial charge is 0.338 e. The maximum atomic E-state index is 13.4. The number of carbonyl (C=O) groups is 1. The molecule has 0 heterocycles. The summed E-state index contributed by atoms with van der Waals surface area (Å²) in [4.78, 5) is 22.9. The number of nitriles is 1. The number of halogens is 1. The number of nitrogens with zero attached hydrogens (tertiary/aromatic N) is 3. The number of benzene rings is 1. The fourth-order valence-electron chi connectivity index (χ4n) is 1.46. The van der Waals surface area contributed by atoms with Gasteiger partial charge in [-0.25, -0.2) is 0 Å². The summed E-state index contributed by atoms with van der Waals surface area (Å²) < 4.78 is 13.4. The van der Waals surface area contributed by atoms with Gasteiger partial charge in [0, 0.05) is 24.7 Å². The highest BCUT2D eigenvalue weighted by atomic mass is 19.1. The van der Waals surface area contributed by atoms with E-state index in [1.165, 1.54) is 18.0 Å². The van der Waals surface area contributed by atoms with Gasteiger partial charge < -0.3 is 4.90 Å². The Bertz CT molecular complexity index is 554. The van der Waals surface area contributed by atoms with Gasteiger partial charge >= 0.3 is 5.69 Å². The molecule has 0 fully saturated rings. The second kappa shape index (κ2) is 5.91. The van der Waals surface area contributed by atoms with Crippen molar-refractivity contribution in [2.75, 3.05) is 7.05 Å². The Labute approximate surface area is 109 Å². The van der Waals surface area contributed by atoms with E-state index >= 15 is 0 Å². The van der Waals surface area contributed by atoms with Crippen LogP contribution in [0.5, 0.6) is 0 Å². The van der Waals surface area contributed by atoms with Gasteiger partial charge in [0.25, 0.3) is 5.91 Å². The predicted octanol–water partition coefficient (Wildman–Crippen LogP) is 2.11. The van der Waals surface area contributed by atoms with Crippen LogP contribution in [-0.2, 0) is 0 Å². The van der Waals surface area contributed by atoms with Crippen molar-refractivity contribution in [1.82, 2.24) is 4.90 Å². The van der Waals surface area contributed by atoms with Gasteiger partial charge in [-0.05, 0) is 19.1 Å². The first-order valence-electron chi connectivity index (χ1n) is 5.46. The van der Waals surface area contributed by atoms with Crippen molar-refractivity contribution in [1.29, 1.82) is 5.26 Å². The van der Waals surface area contributed by atoms with Gasteiger partial charge in [-0.15, -0.1) is 0 Å². The molecule has 1 rings (SSSR count). The van der Waals surface area contributed by atoms with Crippen LogP contribution in [0.3, 0.4) is 0 Å². The average Bonchev–Trinajstić information content (AvgIpc) is 2.36. The first kappa shape index (κ1) is 14.6. The number of hydrogen-bond donors (Lipinski definition) is 0. The molecule has 0 aliphatic heterocycles. The monoisotopic (exact) mass is 265 g/mol. The zero-order chi connectivity index (χ0) is 14.6. The number of rotatable bonds is 4. The topological polar surface area (TPSA) is 87.2 Å². The number of amides is 1. The quantitative estimate of drug-likeness (QED) is 0.616. The first-order valence-corrected chi connectivity index (χ1v) is 5.46. The third-order valence-corrected chi connectivity index (χ3v) is 2.76. The lowest BCUT2D eigenvalue weighted by atomic mass is 10.1. The molecule has 0 radical (unpaired) electrons. The molecule has 0 N–H and O–H groups in total. The highest BCUT2D eigenvalue weighted by molar-refractivity contribution is 5.94. The summed E-state index contributed by atoms with van der Waals surface area (Å²) in [6.45, 7) is 1.68. The Morgan fingerprint density at radius 3 is 2.74 bits per heavy atom. The van der Waals surface area contributed by atoms with E-state index in [1.54, 1.807) is 6.92 Å². The number of nitro benzene ring substituents is 1. The molecule has 0 saturated carbocycles. The molecule has 7 heteroatoms. The van der Waals surface area contributed by atoms with Crippen LogP contribution in [0.15, 0.2) is 18.2 Å². The van der Waals surface area contributed by atoms with Crippen LogP contribution in [0, 0.1) is 27.3 Å². The van der Waals surface area contributed by atoms with Gasteiger partial charge in [0.05, 0.1) is 17.4 Å². The number of carbonyl (C=O) groups excluding carboxylic acids is 1. The average molecular weight is 265 g/mol. The maximum absolute atomic E-state index is 13.4. The SMILES string of the molecule is CC(CC#N)N(C)C(=O)c1ccc([N+](=O)[O-])c(F)c1. The van der Waals surface area contributed by atoms with Gasteiger partial charge in [-0.1, -0.05) is 0 Å². The van der Waals surface area contributed by atoms with Gasteiger partial charge in [0.15, 0.2) is 0 Å². The van der Waals surface area contributed by atoms with E-state index < -0.39 is 22.3 Å². The molecule has 0 spiro atoms. The Kier molecular flexibility index (Phi) is 4.53. The maximum Gasteiger partial charge on any atom is 0.304 e. The van der Waals surface area contributed by atoms with Crippen LogP contribution in [0.1, 0.15) is 23.7 Å². The van der Waals surface area contributed by atoms with Crippen molar-refractivity contribution in [3.63, 3.8) is 0 Å². The minimum Gasteiger partial charge on any atom is -0.338 e. The van der Waals surface area contributed by atoms with Gasteiger partial charge in [0.1, 0.15) is 0 Å². The minimum absolute atomic E-state index is 0.00962. The van der Waals surface area contributed by atoms with Gasteiger partial charge in [-0.2, -0.15) is 9.65 Å². The van der Waals surface area contributed by atoms with E-state index in [-0.39, 0.29) is 18.0 Å². The summed E-state index contributed by atoms with van der Waals surface area (Å²) in [5, 5.41) is 19.0. The summed E-state index contributed by atoms with van der Waals surface area (Å²) in [5.74, 6) is -1.55. The van der Waals surface area contributed by atoms with E-state index in [2.05, 4.69) is 0 Å². The molecule has 0 saturated heterocycles. The van der Waals surface area contributed by atoms with Gasteiger partial charge in [0.2, 0.25) is 5.82 Å². The lowest BCUT2D eigenvalue weighted by Crippen LogP contribution is -2.34. The van der Waals surface area contributed by atoms with E-state index in [0.29, 0.717) is 0 Å². The molecule has 1 aromatic carbocycles. The molecule has 1 amide bonds. The van der Waals surface area contributed by atoms with Crippen LogP contribution in [0.4, 0.5) is 10.1 Å². The standard InChI is InChI=1S/C12H12FN3O3/c1-8(5-6-14)15(2)12(17)9-3-4-11(16(18)19)10(13)7-9/h3-4,7-8H,5H2,1-2H3. The molecule has 6 nitrogen and oxygen atoms in total. The molecule has 1 aromatic rings. The Hall–Kier alpha value is -2.49. The fraction of sp³-hybridized carbons (Fsp3) is 0.333. The van der Waals surface area contributed by atoms with E-state index in [0.717, 1.165) is 12.1 Å². The van der Waals surface area contributed by atoms with Crippen molar-refractivity contribution < 1.29 is 14.1 Å². The highest BCUT2D eigenvalue weighted by Gasteiger charge is 2.21. The summed E-state index contributed by atoms with van der Waals surface area (Å²) >= 11 is 0. The molecule has 0 bridgehead atoms. The third kappa shape index (κ3) is 3.25. The van der Waals surface area contributed by atoms with Crippen molar-refractivity contribution in [3.05, 3.63) is 39.7 Å². The summed E-state index contributed by atoms with van der Waals surface area (Å²) in [5.41, 5.74) is -0.667. The molecule has 0 aromatic heterocycles. The van der Waals surface area contributed by atoms with Crippen LogP contribution in [-0.4, -0.2) is 28.8 Å². The van der Waals surface area contributed by atoms with Crippen LogP contribution in [0.25, 0.3) is 0 Å². The molecule has 100 valence electrons. The first-order chi connectivity index (χ1) is 8.88. The lowest BCUT2D eigenvalue weighted by Gasteiger charge is -2.22. The second-order valence-corrected chi connectivity index (χ2v) is 4.05. The molecular weight excluding hydrogens is 253 g/mol. The van der Waals surface area contributed by atoms with Crippen molar-refractivity contribution >= 4 is 11.6 Å². The molecular formula is C12H12FN3O3. The summed E-state index contributed by atoms with van der Waals surface area (Å²) in [6, 6.07) is 4.58. The Balaban J connectivity index is 2.98. The smallest absolute Gasteiger partial charge is 0.304 e. The van der Waals surface area contributed by atoms with Crippen LogP contribution >= 0.6 is 0 Å². The Morgan fingerprint density at radius 2 is 2.26 bits per heavy atom. The summed E-state index contributed by atoms with van der Waals surface area (Å²) in [6.07, 6.45) is 0.150. The fourth-order valence-corrected chi connectivity index (χ4v) is 1.46. The van der Waals surface area contributed by atoms with Crippen LogP contribution < -0.4 is 0 Å². The predicted molar refractivity (Wildman–Crippen MR) is 64.8 cm³/mol. The zero-order valence-corrected chi connectivity index (χ0v) is 10.5. The third-order valence-electron chi connectivity index (χ3n) is 2.76.